The molecule has 0 spiro atoms. The predicted molar refractivity (Wildman–Crippen MR) is 53.2 cm³/mol. The number of nitrogens with two attached hydrogens (primary N) is 1. The SMILES string of the molecule is NCNCCOCc1ccccc1. The highest BCUT2D eigenvalue weighted by molar-refractivity contribution is 5.13. The fourth-order valence-electron chi connectivity index (χ4n) is 1.01. The van der Waals surface area contributed by atoms with Crippen LogP contribution in [0.25, 0.3) is 0 Å². The molecule has 0 heterocycles. The van der Waals surface area contributed by atoms with E-state index in [9.17, 15) is 0 Å². The Bertz CT molecular complexity index is 213. The fraction of sp³-hybridized carbons (Fsp3) is 0.400. The molecule has 0 aromatic heterocycles. The first kappa shape index (κ1) is 10.2. The quantitative estimate of drug-likeness (QED) is 0.500. The van der Waals surface area contributed by atoms with Crippen molar-refractivity contribution in [1.82, 2.24) is 5.32 Å². The zero-order valence-electron chi connectivity index (χ0n) is 7.70. The number of ether oxygens (including phenoxy) is 1. The average Bonchev–Trinajstić information content (AvgIpc) is 2.19. The van der Waals surface area contributed by atoms with Gasteiger partial charge in [0.1, 0.15) is 0 Å². The fourth-order valence-corrected chi connectivity index (χ4v) is 1.01. The van der Waals surface area contributed by atoms with E-state index in [1.165, 1.54) is 5.56 Å². The Kier molecular flexibility index (Phi) is 5.17. The first-order valence-corrected chi connectivity index (χ1v) is 4.46. The minimum atomic E-state index is 0.509. The molecule has 1 rings (SSSR count). The summed E-state index contributed by atoms with van der Waals surface area (Å²) in [6.07, 6.45) is 0. The molecule has 0 amide bonds. The van der Waals surface area contributed by atoms with Crippen LogP contribution in [0, 0.1) is 0 Å². The summed E-state index contributed by atoms with van der Waals surface area (Å²) in [7, 11) is 0. The second-order valence-corrected chi connectivity index (χ2v) is 2.74. The van der Waals surface area contributed by atoms with E-state index in [0.29, 0.717) is 19.9 Å². The van der Waals surface area contributed by atoms with Gasteiger partial charge in [-0.25, -0.2) is 0 Å². The highest BCUT2D eigenvalue weighted by Gasteiger charge is 1.90. The maximum Gasteiger partial charge on any atom is 0.0717 e. The van der Waals surface area contributed by atoms with Crippen molar-refractivity contribution in [3.8, 4) is 0 Å². The minimum absolute atomic E-state index is 0.509. The van der Waals surface area contributed by atoms with Gasteiger partial charge in [0.15, 0.2) is 0 Å². The molecule has 0 fully saturated rings. The molecule has 3 N–H and O–H groups in total. The maximum atomic E-state index is 5.40. The lowest BCUT2D eigenvalue weighted by molar-refractivity contribution is 0.123. The van der Waals surface area contributed by atoms with Crippen LogP contribution in [0.2, 0.25) is 0 Å². The van der Waals surface area contributed by atoms with Crippen molar-refractivity contribution in [3.63, 3.8) is 0 Å². The molecule has 0 unspecified atom stereocenters. The molecule has 0 saturated carbocycles. The van der Waals surface area contributed by atoms with Crippen molar-refractivity contribution in [2.24, 2.45) is 5.73 Å². The Morgan fingerprint density at radius 1 is 1.23 bits per heavy atom. The Morgan fingerprint density at radius 3 is 2.69 bits per heavy atom. The average molecular weight is 180 g/mol. The topological polar surface area (TPSA) is 47.3 Å². The van der Waals surface area contributed by atoms with Gasteiger partial charge in [-0.1, -0.05) is 30.3 Å². The Balaban J connectivity index is 2.07. The molecular formula is C10H16N2O. The number of hydrogen-bond acceptors (Lipinski definition) is 3. The number of nitrogens with one attached hydrogen (secondary N) is 1. The zero-order valence-corrected chi connectivity index (χ0v) is 7.70. The van der Waals surface area contributed by atoms with Gasteiger partial charge in [-0.15, -0.1) is 0 Å². The van der Waals surface area contributed by atoms with E-state index in [2.05, 4.69) is 17.4 Å². The van der Waals surface area contributed by atoms with Gasteiger partial charge in [0.2, 0.25) is 0 Å². The van der Waals surface area contributed by atoms with Crippen LogP contribution in [0.5, 0.6) is 0 Å². The third kappa shape index (κ3) is 4.62. The molecule has 0 radical (unpaired) electrons. The van der Waals surface area contributed by atoms with Gasteiger partial charge < -0.3 is 15.8 Å². The summed E-state index contributed by atoms with van der Waals surface area (Å²) in [5.41, 5.74) is 6.46. The molecule has 0 bridgehead atoms. The first-order valence-electron chi connectivity index (χ1n) is 4.46. The van der Waals surface area contributed by atoms with Crippen LogP contribution in [-0.4, -0.2) is 19.8 Å². The summed E-state index contributed by atoms with van der Waals surface area (Å²) < 4.78 is 5.40. The van der Waals surface area contributed by atoms with E-state index in [1.807, 2.05) is 18.2 Å². The van der Waals surface area contributed by atoms with Crippen LogP contribution in [-0.2, 0) is 11.3 Å². The molecule has 3 heteroatoms. The standard InChI is InChI=1S/C10H16N2O/c11-9-12-6-7-13-8-10-4-2-1-3-5-10/h1-5,12H,6-9,11H2. The van der Waals surface area contributed by atoms with Gasteiger partial charge in [0, 0.05) is 13.2 Å². The van der Waals surface area contributed by atoms with E-state index < -0.39 is 0 Å². The zero-order chi connectivity index (χ0) is 9.36. The number of benzene rings is 1. The van der Waals surface area contributed by atoms with Crippen LogP contribution in [0.15, 0.2) is 30.3 Å². The second-order valence-electron chi connectivity index (χ2n) is 2.74. The van der Waals surface area contributed by atoms with Gasteiger partial charge >= 0.3 is 0 Å². The molecular weight excluding hydrogens is 164 g/mol. The highest BCUT2D eigenvalue weighted by Crippen LogP contribution is 1.99. The van der Waals surface area contributed by atoms with Crippen molar-refractivity contribution in [2.75, 3.05) is 19.8 Å². The van der Waals surface area contributed by atoms with E-state index >= 15 is 0 Å². The number of rotatable bonds is 6. The molecule has 0 saturated heterocycles. The van der Waals surface area contributed by atoms with Crippen LogP contribution in [0.4, 0.5) is 0 Å². The van der Waals surface area contributed by atoms with Crippen molar-refractivity contribution in [1.29, 1.82) is 0 Å². The highest BCUT2D eigenvalue weighted by atomic mass is 16.5. The molecule has 1 aromatic carbocycles. The summed E-state index contributed by atoms with van der Waals surface area (Å²) in [4.78, 5) is 0. The molecule has 0 aliphatic heterocycles. The summed E-state index contributed by atoms with van der Waals surface area (Å²) in [6.45, 7) is 2.69. The van der Waals surface area contributed by atoms with Crippen molar-refractivity contribution in [3.05, 3.63) is 35.9 Å². The normalized spacial score (nSPS) is 10.2. The van der Waals surface area contributed by atoms with Gasteiger partial charge in [0.05, 0.1) is 13.2 Å². The maximum absolute atomic E-state index is 5.40. The molecule has 0 aliphatic rings. The number of hydrogen-bond donors (Lipinski definition) is 2. The Labute approximate surface area is 78.9 Å². The summed E-state index contributed by atoms with van der Waals surface area (Å²) in [5.74, 6) is 0. The van der Waals surface area contributed by atoms with Crippen molar-refractivity contribution >= 4 is 0 Å². The van der Waals surface area contributed by atoms with E-state index in [0.717, 1.165) is 6.54 Å². The van der Waals surface area contributed by atoms with Crippen molar-refractivity contribution in [2.45, 2.75) is 6.61 Å². The lowest BCUT2D eigenvalue weighted by Gasteiger charge is -2.04. The van der Waals surface area contributed by atoms with Crippen molar-refractivity contribution < 1.29 is 4.74 Å². The molecule has 3 nitrogen and oxygen atoms in total. The smallest absolute Gasteiger partial charge is 0.0717 e. The van der Waals surface area contributed by atoms with Crippen LogP contribution in [0.1, 0.15) is 5.56 Å². The third-order valence-electron chi connectivity index (χ3n) is 1.68. The largest absolute Gasteiger partial charge is 0.375 e. The van der Waals surface area contributed by atoms with E-state index in [1.54, 1.807) is 0 Å². The van der Waals surface area contributed by atoms with Crippen LogP contribution >= 0.6 is 0 Å². The lowest BCUT2D eigenvalue weighted by Crippen LogP contribution is -2.26. The van der Waals surface area contributed by atoms with Gasteiger partial charge in [-0.2, -0.15) is 0 Å². The second kappa shape index (κ2) is 6.60. The Morgan fingerprint density at radius 2 is 2.00 bits per heavy atom. The monoisotopic (exact) mass is 180 g/mol. The summed E-state index contributed by atoms with van der Waals surface area (Å²) >= 11 is 0. The minimum Gasteiger partial charge on any atom is -0.375 e. The summed E-state index contributed by atoms with van der Waals surface area (Å²) in [6, 6.07) is 10.1. The first-order chi connectivity index (χ1) is 6.43. The Hall–Kier alpha value is -0.900. The van der Waals surface area contributed by atoms with Crippen LogP contribution < -0.4 is 11.1 Å². The van der Waals surface area contributed by atoms with E-state index in [-0.39, 0.29) is 0 Å². The third-order valence-corrected chi connectivity index (χ3v) is 1.68. The molecule has 1 aromatic rings. The van der Waals surface area contributed by atoms with Gasteiger partial charge in [-0.05, 0) is 5.56 Å². The van der Waals surface area contributed by atoms with E-state index in [4.69, 9.17) is 10.5 Å². The molecule has 13 heavy (non-hydrogen) atoms. The lowest BCUT2D eigenvalue weighted by atomic mass is 10.2. The van der Waals surface area contributed by atoms with Crippen LogP contribution in [0.3, 0.4) is 0 Å². The predicted octanol–water partition coefficient (Wildman–Crippen LogP) is 0.709. The molecule has 0 atom stereocenters. The van der Waals surface area contributed by atoms with Gasteiger partial charge in [-0.3, -0.25) is 0 Å². The molecule has 0 aliphatic carbocycles. The summed E-state index contributed by atoms with van der Waals surface area (Å²) in [5, 5.41) is 2.99. The van der Waals surface area contributed by atoms with Gasteiger partial charge in [0.25, 0.3) is 0 Å². The molecule has 72 valence electrons.